The summed E-state index contributed by atoms with van der Waals surface area (Å²) in [6, 6.07) is 16.7. The van der Waals surface area contributed by atoms with Crippen LogP contribution >= 0.6 is 0 Å². The van der Waals surface area contributed by atoms with Gasteiger partial charge in [0.1, 0.15) is 5.54 Å². The molecule has 2 aromatic rings. The van der Waals surface area contributed by atoms with Crippen molar-refractivity contribution in [1.29, 1.82) is 0 Å². The monoisotopic (exact) mass is 376 g/mol. The minimum Gasteiger partial charge on any atom is -0.323 e. The molecule has 0 bridgehead atoms. The van der Waals surface area contributed by atoms with Crippen LogP contribution < -0.4 is 5.32 Å². The quantitative estimate of drug-likeness (QED) is 0.647. The smallest absolute Gasteiger partial charge is 0.323 e. The number of benzene rings is 2. The van der Waals surface area contributed by atoms with Crippen LogP contribution in [0.1, 0.15) is 43.0 Å². The summed E-state index contributed by atoms with van der Waals surface area (Å²) in [5, 5.41) is 2.89. The third-order valence-electron chi connectivity index (χ3n) is 6.12. The summed E-state index contributed by atoms with van der Waals surface area (Å²) in [6.07, 6.45) is 3.54. The van der Waals surface area contributed by atoms with Crippen molar-refractivity contribution in [3.8, 4) is 11.1 Å². The van der Waals surface area contributed by atoms with Crippen molar-refractivity contribution in [3.05, 3.63) is 60.2 Å². The van der Waals surface area contributed by atoms with Gasteiger partial charge in [-0.25, -0.2) is 4.79 Å². The second kappa shape index (κ2) is 7.23. The summed E-state index contributed by atoms with van der Waals surface area (Å²) in [5.41, 5.74) is 1.76. The molecule has 1 N–H and O–H groups in total. The molecule has 144 valence electrons. The van der Waals surface area contributed by atoms with Crippen molar-refractivity contribution in [2.45, 2.75) is 38.1 Å². The topological polar surface area (TPSA) is 66.5 Å². The highest BCUT2D eigenvalue weighted by atomic mass is 16.2. The van der Waals surface area contributed by atoms with Crippen molar-refractivity contribution in [1.82, 2.24) is 10.2 Å². The Hall–Kier alpha value is -2.95. The molecule has 5 nitrogen and oxygen atoms in total. The highest BCUT2D eigenvalue weighted by molar-refractivity contribution is 6.11. The Morgan fingerprint density at radius 2 is 1.71 bits per heavy atom. The molecule has 5 heteroatoms. The number of hydrogen-bond acceptors (Lipinski definition) is 3. The number of nitrogens with zero attached hydrogens (tertiary/aromatic N) is 1. The number of nitrogens with one attached hydrogen (secondary N) is 1. The van der Waals surface area contributed by atoms with Crippen LogP contribution in [0.25, 0.3) is 11.1 Å². The predicted molar refractivity (Wildman–Crippen MR) is 107 cm³/mol. The minimum atomic E-state index is -0.827. The zero-order valence-electron chi connectivity index (χ0n) is 16.0. The van der Waals surface area contributed by atoms with E-state index in [1.807, 2.05) is 49.4 Å². The van der Waals surface area contributed by atoms with Crippen LogP contribution in [0.15, 0.2) is 54.6 Å². The van der Waals surface area contributed by atoms with E-state index in [-0.39, 0.29) is 24.2 Å². The Kier molecular flexibility index (Phi) is 4.75. The number of Topliss-reactive ketones (excluding diaryl/α,β-unsaturated/α-hetero) is 1. The standard InChI is InChI=1S/C23H24N2O3/c1-16-7-5-6-14-23(16)21(27)25(22(28)24-23)15-20(26)19-12-10-18(11-13-19)17-8-3-2-4-9-17/h2-4,8-13,16H,5-7,14-15H2,1H3,(H,24,28)/t16-,23-/m1/s1. The highest BCUT2D eigenvalue weighted by Crippen LogP contribution is 2.38. The first-order chi connectivity index (χ1) is 13.5. The molecule has 3 amide bonds. The SMILES string of the molecule is C[C@@H]1CCCC[C@@]12NC(=O)N(CC(=O)c1ccc(-c3ccccc3)cc1)C2=O. The van der Waals surface area contributed by atoms with Gasteiger partial charge in [-0.2, -0.15) is 0 Å². The van der Waals surface area contributed by atoms with Crippen molar-refractivity contribution in [2.75, 3.05) is 6.54 Å². The lowest BCUT2D eigenvalue weighted by molar-refractivity contribution is -0.133. The fraction of sp³-hybridized carbons (Fsp3) is 0.348. The number of ketones is 1. The number of imide groups is 1. The second-order valence-corrected chi connectivity index (χ2v) is 7.81. The van der Waals surface area contributed by atoms with Crippen molar-refractivity contribution < 1.29 is 14.4 Å². The Labute approximate surface area is 164 Å². The van der Waals surface area contributed by atoms with Crippen LogP contribution in [0, 0.1) is 5.92 Å². The molecule has 28 heavy (non-hydrogen) atoms. The zero-order valence-corrected chi connectivity index (χ0v) is 16.0. The lowest BCUT2D eigenvalue weighted by Gasteiger charge is -2.36. The lowest BCUT2D eigenvalue weighted by atomic mass is 9.73. The van der Waals surface area contributed by atoms with E-state index in [0.717, 1.165) is 35.3 Å². The van der Waals surface area contributed by atoms with Crippen molar-refractivity contribution in [2.24, 2.45) is 5.92 Å². The van der Waals surface area contributed by atoms with Gasteiger partial charge in [0.15, 0.2) is 5.78 Å². The first-order valence-corrected chi connectivity index (χ1v) is 9.84. The van der Waals surface area contributed by atoms with Crippen molar-refractivity contribution in [3.63, 3.8) is 0 Å². The maximum Gasteiger partial charge on any atom is 0.325 e. The molecule has 1 heterocycles. The fourth-order valence-electron chi connectivity index (χ4n) is 4.35. The summed E-state index contributed by atoms with van der Waals surface area (Å²) in [6.45, 7) is 1.79. The molecule has 0 radical (unpaired) electrons. The highest BCUT2D eigenvalue weighted by Gasteiger charge is 2.55. The van der Waals surface area contributed by atoms with E-state index in [4.69, 9.17) is 0 Å². The summed E-state index contributed by atoms with van der Waals surface area (Å²) >= 11 is 0. The summed E-state index contributed by atoms with van der Waals surface area (Å²) in [7, 11) is 0. The van der Waals surface area contributed by atoms with E-state index in [1.54, 1.807) is 12.1 Å². The van der Waals surface area contributed by atoms with Gasteiger partial charge in [0.2, 0.25) is 0 Å². The van der Waals surface area contributed by atoms with E-state index in [1.165, 1.54) is 0 Å². The molecule has 2 aromatic carbocycles. The van der Waals surface area contributed by atoms with Gasteiger partial charge >= 0.3 is 6.03 Å². The number of carbonyl (C=O) groups excluding carboxylic acids is 3. The molecule has 1 spiro atoms. The molecular formula is C23H24N2O3. The Morgan fingerprint density at radius 3 is 2.39 bits per heavy atom. The Balaban J connectivity index is 1.49. The summed E-state index contributed by atoms with van der Waals surface area (Å²) in [5.74, 6) is -0.398. The molecule has 1 aliphatic carbocycles. The van der Waals surface area contributed by atoms with Crippen LogP contribution in [-0.2, 0) is 4.79 Å². The molecule has 2 atom stereocenters. The van der Waals surface area contributed by atoms with Gasteiger partial charge in [-0.1, -0.05) is 74.4 Å². The fourth-order valence-corrected chi connectivity index (χ4v) is 4.35. The number of carbonyl (C=O) groups is 3. The normalized spacial score (nSPS) is 24.5. The van der Waals surface area contributed by atoms with Gasteiger partial charge in [-0.3, -0.25) is 14.5 Å². The van der Waals surface area contributed by atoms with E-state index < -0.39 is 11.6 Å². The Morgan fingerprint density at radius 1 is 1.04 bits per heavy atom. The van der Waals surface area contributed by atoms with Gasteiger partial charge in [0.05, 0.1) is 6.54 Å². The van der Waals surface area contributed by atoms with Crippen LogP contribution in [0.5, 0.6) is 0 Å². The molecule has 4 rings (SSSR count). The zero-order chi connectivity index (χ0) is 19.7. The van der Waals surface area contributed by atoms with Crippen LogP contribution in [0.2, 0.25) is 0 Å². The number of rotatable bonds is 4. The van der Waals surface area contributed by atoms with Crippen LogP contribution in [-0.4, -0.2) is 34.7 Å². The minimum absolute atomic E-state index is 0.0861. The second-order valence-electron chi connectivity index (χ2n) is 7.81. The number of urea groups is 1. The van der Waals surface area contributed by atoms with E-state index in [2.05, 4.69) is 5.32 Å². The van der Waals surface area contributed by atoms with Crippen LogP contribution in [0.4, 0.5) is 4.79 Å². The molecule has 1 aliphatic heterocycles. The predicted octanol–water partition coefficient (Wildman–Crippen LogP) is 4.04. The maximum absolute atomic E-state index is 13.0. The van der Waals surface area contributed by atoms with Gasteiger partial charge in [-0.15, -0.1) is 0 Å². The van der Waals surface area contributed by atoms with E-state index in [0.29, 0.717) is 12.0 Å². The van der Waals surface area contributed by atoms with Gasteiger partial charge < -0.3 is 5.32 Å². The first-order valence-electron chi connectivity index (χ1n) is 9.84. The molecule has 0 aromatic heterocycles. The molecule has 0 unspecified atom stereocenters. The van der Waals surface area contributed by atoms with Gasteiger partial charge in [0.25, 0.3) is 5.91 Å². The average molecular weight is 376 g/mol. The number of amides is 3. The molecular weight excluding hydrogens is 352 g/mol. The third kappa shape index (κ3) is 3.11. The van der Waals surface area contributed by atoms with Gasteiger partial charge in [0, 0.05) is 5.56 Å². The molecule has 1 saturated carbocycles. The summed E-state index contributed by atoms with van der Waals surface area (Å²) in [4.78, 5) is 39.3. The molecule has 2 fully saturated rings. The molecule has 1 saturated heterocycles. The first kappa shape index (κ1) is 18.4. The third-order valence-corrected chi connectivity index (χ3v) is 6.12. The largest absolute Gasteiger partial charge is 0.325 e. The Bertz CT molecular complexity index is 907. The van der Waals surface area contributed by atoms with Gasteiger partial charge in [-0.05, 0) is 29.9 Å². The average Bonchev–Trinajstić information content (AvgIpc) is 2.96. The lowest BCUT2D eigenvalue weighted by Crippen LogP contribution is -2.54. The summed E-state index contributed by atoms with van der Waals surface area (Å²) < 4.78 is 0. The molecule has 2 aliphatic rings. The van der Waals surface area contributed by atoms with Crippen LogP contribution in [0.3, 0.4) is 0 Å². The number of hydrogen-bond donors (Lipinski definition) is 1. The van der Waals surface area contributed by atoms with E-state index >= 15 is 0 Å². The van der Waals surface area contributed by atoms with Crippen molar-refractivity contribution >= 4 is 17.7 Å². The van der Waals surface area contributed by atoms with E-state index in [9.17, 15) is 14.4 Å². The maximum atomic E-state index is 13.0.